The van der Waals surface area contributed by atoms with E-state index < -0.39 is 10.0 Å². The van der Waals surface area contributed by atoms with Crippen molar-refractivity contribution in [3.05, 3.63) is 0 Å². The van der Waals surface area contributed by atoms with E-state index in [1.165, 1.54) is 6.42 Å². The van der Waals surface area contributed by atoms with Crippen LogP contribution in [0.1, 0.15) is 52.9 Å². The lowest BCUT2D eigenvalue weighted by Gasteiger charge is -2.31. The van der Waals surface area contributed by atoms with Crippen molar-refractivity contribution >= 4 is 10.0 Å². The summed E-state index contributed by atoms with van der Waals surface area (Å²) < 4.78 is 26.2. The van der Waals surface area contributed by atoms with E-state index in [1.54, 1.807) is 4.31 Å². The van der Waals surface area contributed by atoms with Crippen molar-refractivity contribution in [2.24, 2.45) is 5.92 Å². The highest BCUT2D eigenvalue weighted by molar-refractivity contribution is 7.89. The molecule has 0 amide bonds. The van der Waals surface area contributed by atoms with Crippen LogP contribution in [0.2, 0.25) is 0 Å². The molecule has 0 aromatic heterocycles. The maximum Gasteiger partial charge on any atom is 0.214 e. The zero-order valence-corrected chi connectivity index (χ0v) is 13.5. The van der Waals surface area contributed by atoms with E-state index in [1.807, 2.05) is 0 Å². The van der Waals surface area contributed by atoms with Gasteiger partial charge in [0.2, 0.25) is 10.0 Å². The summed E-state index contributed by atoms with van der Waals surface area (Å²) in [6.45, 7) is 8.74. The van der Waals surface area contributed by atoms with Crippen LogP contribution in [0, 0.1) is 5.92 Å². The van der Waals surface area contributed by atoms with E-state index >= 15 is 0 Å². The number of rotatable bonds is 8. The molecule has 0 spiro atoms. The molecule has 0 radical (unpaired) electrons. The second kappa shape index (κ2) is 8.22. The average Bonchev–Trinajstić information content (AvgIpc) is 2.38. The molecule has 1 unspecified atom stereocenters. The first-order valence-corrected chi connectivity index (χ1v) is 9.27. The van der Waals surface area contributed by atoms with E-state index in [9.17, 15) is 8.42 Å². The molecule has 1 saturated heterocycles. The van der Waals surface area contributed by atoms with Crippen molar-refractivity contribution in [2.75, 3.05) is 25.4 Å². The molecule has 1 aliphatic heterocycles. The summed E-state index contributed by atoms with van der Waals surface area (Å²) in [4.78, 5) is 0. The van der Waals surface area contributed by atoms with Crippen LogP contribution in [0.4, 0.5) is 0 Å². The summed E-state index contributed by atoms with van der Waals surface area (Å²) in [7, 11) is -3.02. The molecule has 1 N–H and O–H groups in total. The molecule has 5 heteroatoms. The Labute approximate surface area is 119 Å². The largest absolute Gasteiger partial charge is 0.315 e. The third kappa shape index (κ3) is 6.23. The van der Waals surface area contributed by atoms with Gasteiger partial charge >= 0.3 is 0 Å². The van der Waals surface area contributed by atoms with Gasteiger partial charge < -0.3 is 5.32 Å². The Hall–Kier alpha value is -0.130. The van der Waals surface area contributed by atoms with Crippen LogP contribution in [0.15, 0.2) is 0 Å². The highest BCUT2D eigenvalue weighted by atomic mass is 32.2. The Bertz CT molecular complexity index is 341. The second-order valence-electron chi connectivity index (χ2n) is 5.91. The predicted molar refractivity (Wildman–Crippen MR) is 80.7 cm³/mol. The summed E-state index contributed by atoms with van der Waals surface area (Å²) in [5.74, 6) is 0.870. The normalized spacial score (nSPS) is 22.0. The van der Waals surface area contributed by atoms with Gasteiger partial charge in [0.1, 0.15) is 0 Å². The average molecular weight is 290 g/mol. The van der Waals surface area contributed by atoms with Crippen LogP contribution in [0.25, 0.3) is 0 Å². The fraction of sp³-hybridized carbons (Fsp3) is 1.00. The summed E-state index contributed by atoms with van der Waals surface area (Å²) in [6.07, 6.45) is 4.98. The minimum atomic E-state index is -3.02. The Kier molecular flexibility index (Phi) is 7.32. The third-order valence-electron chi connectivity index (χ3n) is 3.83. The van der Waals surface area contributed by atoms with Crippen LogP contribution in [0.3, 0.4) is 0 Å². The molecular formula is C14H30N2O2S. The van der Waals surface area contributed by atoms with E-state index in [-0.39, 0.29) is 0 Å². The number of sulfonamides is 1. The van der Waals surface area contributed by atoms with Gasteiger partial charge in [-0.3, -0.25) is 0 Å². The smallest absolute Gasteiger partial charge is 0.214 e. The summed E-state index contributed by atoms with van der Waals surface area (Å²) >= 11 is 0. The SMILES string of the molecule is CCC1CCCN(S(=O)(=O)CCCCNC(C)C)C1. The monoisotopic (exact) mass is 290 g/mol. The van der Waals surface area contributed by atoms with Crippen LogP contribution < -0.4 is 5.32 Å². The highest BCUT2D eigenvalue weighted by Gasteiger charge is 2.27. The molecule has 0 aromatic carbocycles. The predicted octanol–water partition coefficient (Wildman–Crippen LogP) is 2.22. The van der Waals surface area contributed by atoms with Crippen molar-refractivity contribution in [2.45, 2.75) is 58.9 Å². The molecule has 0 bridgehead atoms. The van der Waals surface area contributed by atoms with Gasteiger partial charge in [0.25, 0.3) is 0 Å². The van der Waals surface area contributed by atoms with Gasteiger partial charge in [-0.15, -0.1) is 0 Å². The highest BCUT2D eigenvalue weighted by Crippen LogP contribution is 2.22. The molecule has 19 heavy (non-hydrogen) atoms. The van der Waals surface area contributed by atoms with Gasteiger partial charge in [-0.1, -0.05) is 27.2 Å². The summed E-state index contributed by atoms with van der Waals surface area (Å²) in [5, 5.41) is 3.32. The van der Waals surface area contributed by atoms with Crippen molar-refractivity contribution < 1.29 is 8.42 Å². The minimum Gasteiger partial charge on any atom is -0.315 e. The zero-order chi connectivity index (χ0) is 14.3. The lowest BCUT2D eigenvalue weighted by molar-refractivity contribution is 0.261. The Morgan fingerprint density at radius 2 is 2.05 bits per heavy atom. The molecule has 4 nitrogen and oxygen atoms in total. The lowest BCUT2D eigenvalue weighted by atomic mass is 9.97. The summed E-state index contributed by atoms with van der Waals surface area (Å²) in [6, 6.07) is 0.476. The Morgan fingerprint density at radius 3 is 2.68 bits per heavy atom. The molecule has 0 aromatic rings. The number of nitrogens with one attached hydrogen (secondary N) is 1. The van der Waals surface area contributed by atoms with Gasteiger partial charge in [-0.25, -0.2) is 12.7 Å². The second-order valence-corrected chi connectivity index (χ2v) is 7.99. The molecule has 1 fully saturated rings. The van der Waals surface area contributed by atoms with Crippen LogP contribution >= 0.6 is 0 Å². The van der Waals surface area contributed by atoms with Gasteiger partial charge in [0, 0.05) is 19.1 Å². The van der Waals surface area contributed by atoms with Crippen LogP contribution in [-0.4, -0.2) is 44.2 Å². The van der Waals surface area contributed by atoms with Crippen molar-refractivity contribution in [1.29, 1.82) is 0 Å². The standard InChI is InChI=1S/C14H30N2O2S/c1-4-14-8-7-10-16(12-14)19(17,18)11-6-5-9-15-13(2)3/h13-15H,4-12H2,1-3H3. The first-order valence-electron chi connectivity index (χ1n) is 7.67. The van der Waals surface area contributed by atoms with Gasteiger partial charge in [-0.2, -0.15) is 0 Å². The lowest BCUT2D eigenvalue weighted by Crippen LogP contribution is -2.41. The number of piperidine rings is 1. The van der Waals surface area contributed by atoms with E-state index in [2.05, 4.69) is 26.1 Å². The molecule has 1 rings (SSSR count). The van der Waals surface area contributed by atoms with Gasteiger partial charge in [-0.05, 0) is 38.1 Å². The topological polar surface area (TPSA) is 49.4 Å². The Balaban J connectivity index is 2.30. The quantitative estimate of drug-likeness (QED) is 0.697. The Morgan fingerprint density at radius 1 is 1.32 bits per heavy atom. The van der Waals surface area contributed by atoms with E-state index in [0.717, 1.165) is 45.3 Å². The van der Waals surface area contributed by atoms with E-state index in [4.69, 9.17) is 0 Å². The maximum atomic E-state index is 12.2. The number of hydrogen-bond acceptors (Lipinski definition) is 3. The van der Waals surface area contributed by atoms with Crippen LogP contribution in [0.5, 0.6) is 0 Å². The van der Waals surface area contributed by atoms with E-state index in [0.29, 0.717) is 17.7 Å². The minimum absolute atomic E-state index is 0.309. The molecule has 1 aliphatic rings. The molecule has 1 atom stereocenters. The first kappa shape index (κ1) is 16.9. The fourth-order valence-electron chi connectivity index (χ4n) is 2.54. The first-order chi connectivity index (χ1) is 8.95. The maximum absolute atomic E-state index is 12.2. The number of unbranched alkanes of at least 4 members (excludes halogenated alkanes) is 1. The number of hydrogen-bond donors (Lipinski definition) is 1. The van der Waals surface area contributed by atoms with Crippen molar-refractivity contribution in [3.8, 4) is 0 Å². The summed E-state index contributed by atoms with van der Waals surface area (Å²) in [5.41, 5.74) is 0. The van der Waals surface area contributed by atoms with Crippen LogP contribution in [-0.2, 0) is 10.0 Å². The molecule has 114 valence electrons. The van der Waals surface area contributed by atoms with Gasteiger partial charge in [0.05, 0.1) is 5.75 Å². The zero-order valence-electron chi connectivity index (χ0n) is 12.7. The molecule has 0 aliphatic carbocycles. The fourth-order valence-corrected chi connectivity index (χ4v) is 4.21. The third-order valence-corrected chi connectivity index (χ3v) is 5.76. The molecular weight excluding hydrogens is 260 g/mol. The van der Waals surface area contributed by atoms with Crippen molar-refractivity contribution in [3.63, 3.8) is 0 Å². The number of nitrogens with zero attached hydrogens (tertiary/aromatic N) is 1. The van der Waals surface area contributed by atoms with Crippen molar-refractivity contribution in [1.82, 2.24) is 9.62 Å². The molecule has 0 saturated carbocycles. The van der Waals surface area contributed by atoms with Gasteiger partial charge in [0.15, 0.2) is 0 Å². The molecule has 1 heterocycles.